The van der Waals surface area contributed by atoms with Gasteiger partial charge in [-0.1, -0.05) is 95.5 Å². The summed E-state index contributed by atoms with van der Waals surface area (Å²) in [6.07, 6.45) is 0. The van der Waals surface area contributed by atoms with Gasteiger partial charge in [0.15, 0.2) is 23.3 Å². The van der Waals surface area contributed by atoms with Crippen LogP contribution in [0.4, 0.5) is 0 Å². The zero-order valence-electron chi connectivity index (χ0n) is 25.7. The third-order valence-electron chi connectivity index (χ3n) is 6.49. The van der Waals surface area contributed by atoms with Gasteiger partial charge in [0.05, 0.1) is 0 Å². The van der Waals surface area contributed by atoms with Gasteiger partial charge in [0, 0.05) is 37.3 Å². The third-order valence-corrected chi connectivity index (χ3v) is 7.58. The highest BCUT2D eigenvalue weighted by atomic mass is 35.5. The maximum Gasteiger partial charge on any atom is 0.569 e. The SMILES string of the molecule is Clc1ccc(-c2nc(-c3ccccc3)nc(-c3ccc(Cl)cc3)n2)cc1.Clc1nc(Cl)nc(-c2ccccc2)n1.O[B]Oc1ccc(Cl)cc1. The quantitative estimate of drug-likeness (QED) is 0.167. The first-order chi connectivity index (χ1) is 24.3. The van der Waals surface area contributed by atoms with Crippen molar-refractivity contribution in [3.63, 3.8) is 0 Å². The van der Waals surface area contributed by atoms with E-state index in [1.807, 2.05) is 109 Å². The molecule has 5 aromatic carbocycles. The Labute approximate surface area is 314 Å². The minimum absolute atomic E-state index is 0.101. The van der Waals surface area contributed by atoms with Crippen molar-refractivity contribution < 1.29 is 9.68 Å². The van der Waals surface area contributed by atoms with Crippen LogP contribution in [0.15, 0.2) is 133 Å². The fraction of sp³-hybridized carbons (Fsp3) is 0. The summed E-state index contributed by atoms with van der Waals surface area (Å²) < 4.78 is 4.63. The highest BCUT2D eigenvalue weighted by Crippen LogP contribution is 2.26. The summed E-state index contributed by atoms with van der Waals surface area (Å²) in [6, 6.07) is 40.9. The predicted octanol–water partition coefficient (Wildman–Crippen LogP) is 10.3. The van der Waals surface area contributed by atoms with Gasteiger partial charge in [-0.05, 0) is 96.0 Å². The Morgan fingerprint density at radius 3 is 1.06 bits per heavy atom. The summed E-state index contributed by atoms with van der Waals surface area (Å²) in [7, 11) is 0.628. The van der Waals surface area contributed by atoms with Gasteiger partial charge in [0.1, 0.15) is 5.75 Å². The van der Waals surface area contributed by atoms with Gasteiger partial charge >= 0.3 is 7.69 Å². The molecule has 0 saturated heterocycles. The molecule has 0 aliphatic carbocycles. The van der Waals surface area contributed by atoms with Crippen LogP contribution >= 0.6 is 58.0 Å². The van der Waals surface area contributed by atoms with Crippen LogP contribution in [0.25, 0.3) is 45.6 Å². The van der Waals surface area contributed by atoms with Crippen LogP contribution in [-0.2, 0) is 0 Å². The highest BCUT2D eigenvalue weighted by molar-refractivity contribution is 6.31. The van der Waals surface area contributed by atoms with Crippen LogP contribution in [0.2, 0.25) is 25.6 Å². The highest BCUT2D eigenvalue weighted by Gasteiger charge is 2.12. The number of benzene rings is 5. The molecule has 0 bridgehead atoms. The molecule has 0 unspecified atom stereocenters. The number of aromatic nitrogens is 6. The van der Waals surface area contributed by atoms with Crippen LogP contribution in [0.5, 0.6) is 5.75 Å². The number of hydrogen-bond acceptors (Lipinski definition) is 8. The van der Waals surface area contributed by atoms with Crippen LogP contribution in [0, 0.1) is 0 Å². The van der Waals surface area contributed by atoms with E-state index < -0.39 is 0 Å². The monoisotopic (exact) mass is 757 g/mol. The smallest absolute Gasteiger partial charge is 0.537 e. The molecule has 0 aliphatic rings. The molecule has 1 radical (unpaired) electrons. The van der Waals surface area contributed by atoms with Crippen LogP contribution in [0.3, 0.4) is 0 Å². The van der Waals surface area contributed by atoms with Crippen molar-refractivity contribution in [3.8, 4) is 51.3 Å². The van der Waals surface area contributed by atoms with Gasteiger partial charge < -0.3 is 9.68 Å². The van der Waals surface area contributed by atoms with E-state index in [0.717, 1.165) is 22.3 Å². The van der Waals surface area contributed by atoms with Crippen LogP contribution in [0.1, 0.15) is 0 Å². The Kier molecular flexibility index (Phi) is 13.5. The number of nitrogens with zero attached hydrogens (tertiary/aromatic N) is 6. The predicted molar refractivity (Wildman–Crippen MR) is 201 cm³/mol. The molecule has 50 heavy (non-hydrogen) atoms. The second kappa shape index (κ2) is 18.4. The summed E-state index contributed by atoms with van der Waals surface area (Å²) in [5, 5.41) is 10.4. The Morgan fingerprint density at radius 2 is 0.700 bits per heavy atom. The summed E-state index contributed by atoms with van der Waals surface area (Å²) in [5.74, 6) is 2.86. The van der Waals surface area contributed by atoms with Gasteiger partial charge in [0.2, 0.25) is 10.6 Å². The number of halogens is 5. The molecule has 0 spiro atoms. The van der Waals surface area contributed by atoms with Crippen LogP contribution < -0.4 is 4.65 Å². The van der Waals surface area contributed by atoms with E-state index in [-0.39, 0.29) is 10.6 Å². The summed E-state index contributed by atoms with van der Waals surface area (Å²) >= 11 is 28.9. The molecule has 0 amide bonds. The maximum atomic E-state index is 8.21. The van der Waals surface area contributed by atoms with Crippen molar-refractivity contribution in [1.82, 2.24) is 29.9 Å². The van der Waals surface area contributed by atoms with E-state index >= 15 is 0 Å². The summed E-state index contributed by atoms with van der Waals surface area (Å²) in [4.78, 5) is 25.6. The lowest BCUT2D eigenvalue weighted by molar-refractivity contribution is 0.454. The van der Waals surface area contributed by atoms with Crippen molar-refractivity contribution in [2.75, 3.05) is 0 Å². The van der Waals surface area contributed by atoms with Crippen molar-refractivity contribution in [3.05, 3.63) is 159 Å². The minimum Gasteiger partial charge on any atom is -0.537 e. The second-order valence-electron chi connectivity index (χ2n) is 9.93. The van der Waals surface area contributed by atoms with Crippen molar-refractivity contribution in [1.29, 1.82) is 0 Å². The normalized spacial score (nSPS) is 10.2. The Hall–Kier alpha value is -4.61. The molecule has 1 N–H and O–H groups in total. The van der Waals surface area contributed by atoms with E-state index in [2.05, 4.69) is 34.6 Å². The molecule has 2 aromatic heterocycles. The second-order valence-corrected chi connectivity index (χ2v) is 11.9. The lowest BCUT2D eigenvalue weighted by Gasteiger charge is -2.08. The van der Waals surface area contributed by atoms with E-state index in [9.17, 15) is 0 Å². The fourth-order valence-electron chi connectivity index (χ4n) is 4.16. The molecule has 8 nitrogen and oxygen atoms in total. The molecule has 7 rings (SSSR count). The largest absolute Gasteiger partial charge is 0.569 e. The minimum atomic E-state index is 0.101. The maximum absolute atomic E-state index is 8.21. The Morgan fingerprint density at radius 1 is 0.380 bits per heavy atom. The van der Waals surface area contributed by atoms with Crippen molar-refractivity contribution in [2.24, 2.45) is 0 Å². The Balaban J connectivity index is 0.000000169. The molecular formula is C36H23BCl5N6O2. The average molecular weight is 760 g/mol. The van der Waals surface area contributed by atoms with Crippen molar-refractivity contribution >= 4 is 65.7 Å². The molecule has 0 saturated carbocycles. The molecule has 247 valence electrons. The zero-order chi connectivity index (χ0) is 35.3. The van der Waals surface area contributed by atoms with E-state index in [1.54, 1.807) is 24.3 Å². The average Bonchev–Trinajstić information content (AvgIpc) is 3.14. The summed E-state index contributed by atoms with van der Waals surface area (Å²) in [6.45, 7) is 0. The number of hydrogen-bond donors (Lipinski definition) is 1. The van der Waals surface area contributed by atoms with Gasteiger partial charge in [-0.15, -0.1) is 0 Å². The van der Waals surface area contributed by atoms with E-state index in [0.29, 0.717) is 51.8 Å². The summed E-state index contributed by atoms with van der Waals surface area (Å²) in [5.41, 5.74) is 3.55. The standard InChI is InChI=1S/C21H13Cl2N3.C9H5Cl2N3.C6H5BClO2/c22-17-10-6-15(7-11-17)20-24-19(14-4-2-1-3-5-14)25-21(26-20)16-8-12-18(23)13-9-16;10-8-12-7(13-9(11)14-8)6-4-2-1-3-5-6;8-5-1-3-6(4-2-5)10-7-9/h1-13H;1-5H;1-4,9H. The van der Waals surface area contributed by atoms with E-state index in [1.165, 1.54) is 0 Å². The molecule has 14 heteroatoms. The van der Waals surface area contributed by atoms with E-state index in [4.69, 9.17) is 63.0 Å². The lowest BCUT2D eigenvalue weighted by atomic mass is 10.1. The first-order valence-electron chi connectivity index (χ1n) is 14.6. The lowest BCUT2D eigenvalue weighted by Crippen LogP contribution is -2.00. The first-order valence-corrected chi connectivity index (χ1v) is 16.5. The molecular weight excluding hydrogens is 737 g/mol. The Bertz CT molecular complexity index is 2030. The fourth-order valence-corrected chi connectivity index (χ4v) is 4.91. The van der Waals surface area contributed by atoms with Gasteiger partial charge in [0.25, 0.3) is 0 Å². The van der Waals surface area contributed by atoms with Gasteiger partial charge in [-0.2, -0.15) is 15.0 Å². The first kappa shape index (κ1) is 36.7. The third kappa shape index (κ3) is 11.0. The molecule has 7 aromatic rings. The van der Waals surface area contributed by atoms with Crippen molar-refractivity contribution in [2.45, 2.75) is 0 Å². The number of rotatable bonds is 6. The molecule has 2 heterocycles. The van der Waals surface area contributed by atoms with Gasteiger partial charge in [-0.3, -0.25) is 0 Å². The topological polar surface area (TPSA) is 107 Å². The molecule has 0 fully saturated rings. The molecule has 0 atom stereocenters. The van der Waals surface area contributed by atoms with Crippen LogP contribution in [-0.4, -0.2) is 42.6 Å². The molecule has 0 aliphatic heterocycles. The van der Waals surface area contributed by atoms with Gasteiger partial charge in [-0.25, -0.2) is 15.0 Å². The zero-order valence-corrected chi connectivity index (χ0v) is 29.5.